The Labute approximate surface area is 135 Å². The third-order valence-corrected chi connectivity index (χ3v) is 3.84. The lowest BCUT2D eigenvalue weighted by molar-refractivity contribution is 0.439. The first-order valence-corrected chi connectivity index (χ1v) is 7.50. The van der Waals surface area contributed by atoms with Gasteiger partial charge in [-0.25, -0.2) is 0 Å². The van der Waals surface area contributed by atoms with Gasteiger partial charge in [0.2, 0.25) is 5.88 Å². The molecule has 106 valence electrons. The number of aryl methyl sites for hydroxylation is 1. The third kappa shape index (κ3) is 2.82. The molecule has 0 spiro atoms. The van der Waals surface area contributed by atoms with Crippen molar-refractivity contribution in [1.29, 1.82) is 0 Å². The molecule has 0 radical (unpaired) electrons. The van der Waals surface area contributed by atoms with E-state index in [9.17, 15) is 0 Å². The van der Waals surface area contributed by atoms with Crippen LogP contribution in [-0.2, 0) is 0 Å². The highest BCUT2D eigenvalue weighted by Crippen LogP contribution is 2.38. The van der Waals surface area contributed by atoms with E-state index in [0.29, 0.717) is 16.6 Å². The second-order valence-electron chi connectivity index (χ2n) is 4.80. The van der Waals surface area contributed by atoms with Gasteiger partial charge in [0.05, 0.1) is 5.56 Å². The molecule has 3 rings (SSSR count). The van der Waals surface area contributed by atoms with Crippen molar-refractivity contribution in [2.75, 3.05) is 5.73 Å². The Morgan fingerprint density at radius 3 is 2.67 bits per heavy atom. The van der Waals surface area contributed by atoms with Crippen molar-refractivity contribution < 1.29 is 4.52 Å². The van der Waals surface area contributed by atoms with Crippen LogP contribution in [0.4, 0.5) is 5.88 Å². The van der Waals surface area contributed by atoms with E-state index in [-0.39, 0.29) is 0 Å². The summed E-state index contributed by atoms with van der Waals surface area (Å²) in [6.07, 6.45) is 0. The highest BCUT2D eigenvalue weighted by atomic mass is 79.9. The molecular formula is C16H12BrClN2O. The molecule has 3 aromatic rings. The van der Waals surface area contributed by atoms with E-state index in [1.165, 1.54) is 0 Å². The number of nitrogen functional groups attached to an aromatic ring is 1. The lowest BCUT2D eigenvalue weighted by atomic mass is 10.00. The summed E-state index contributed by atoms with van der Waals surface area (Å²) < 4.78 is 6.07. The maximum Gasteiger partial charge on any atom is 0.230 e. The Hall–Kier alpha value is -1.78. The molecule has 0 aliphatic rings. The molecule has 21 heavy (non-hydrogen) atoms. The molecule has 2 N–H and O–H groups in total. The summed E-state index contributed by atoms with van der Waals surface area (Å²) in [6, 6.07) is 13.6. The normalized spacial score (nSPS) is 10.8. The van der Waals surface area contributed by atoms with Crippen LogP contribution in [0.3, 0.4) is 0 Å². The quantitative estimate of drug-likeness (QED) is 0.671. The van der Waals surface area contributed by atoms with E-state index >= 15 is 0 Å². The summed E-state index contributed by atoms with van der Waals surface area (Å²) in [5, 5.41) is 4.72. The SMILES string of the molecule is Cc1cccc(-c2c(-c3cc(Cl)cc(Br)c3)noc2N)c1. The molecule has 1 aromatic heterocycles. The van der Waals surface area contributed by atoms with Crippen LogP contribution in [0.25, 0.3) is 22.4 Å². The fourth-order valence-corrected chi connectivity index (χ4v) is 3.13. The number of rotatable bonds is 2. The van der Waals surface area contributed by atoms with E-state index in [2.05, 4.69) is 21.1 Å². The van der Waals surface area contributed by atoms with Crippen LogP contribution in [0.1, 0.15) is 5.56 Å². The van der Waals surface area contributed by atoms with Crippen molar-refractivity contribution in [3.63, 3.8) is 0 Å². The van der Waals surface area contributed by atoms with Gasteiger partial charge in [-0.15, -0.1) is 0 Å². The van der Waals surface area contributed by atoms with Crippen LogP contribution >= 0.6 is 27.5 Å². The summed E-state index contributed by atoms with van der Waals surface area (Å²) in [5.41, 5.74) is 10.4. The number of benzene rings is 2. The monoisotopic (exact) mass is 362 g/mol. The number of halogens is 2. The van der Waals surface area contributed by atoms with Crippen molar-refractivity contribution >= 4 is 33.4 Å². The fraction of sp³-hybridized carbons (Fsp3) is 0.0625. The minimum atomic E-state index is 0.298. The molecule has 0 bridgehead atoms. The third-order valence-electron chi connectivity index (χ3n) is 3.16. The number of nitrogens with two attached hydrogens (primary N) is 1. The zero-order valence-corrected chi connectivity index (χ0v) is 13.6. The Bertz CT molecular complexity index is 794. The van der Waals surface area contributed by atoms with E-state index < -0.39 is 0 Å². The molecule has 0 aliphatic carbocycles. The predicted molar refractivity (Wildman–Crippen MR) is 89.2 cm³/mol. The van der Waals surface area contributed by atoms with E-state index in [1.807, 2.05) is 49.4 Å². The first kappa shape index (κ1) is 14.2. The maximum atomic E-state index is 6.11. The zero-order chi connectivity index (χ0) is 15.0. The molecule has 2 aromatic carbocycles. The van der Waals surface area contributed by atoms with Crippen molar-refractivity contribution in [3.05, 3.63) is 57.5 Å². The maximum absolute atomic E-state index is 6.11. The van der Waals surface area contributed by atoms with Crippen LogP contribution in [0.15, 0.2) is 51.5 Å². The van der Waals surface area contributed by atoms with Crippen molar-refractivity contribution in [1.82, 2.24) is 5.16 Å². The average Bonchev–Trinajstić information content (AvgIpc) is 2.79. The molecule has 1 heterocycles. The van der Waals surface area contributed by atoms with Gasteiger partial charge in [0, 0.05) is 15.1 Å². The summed E-state index contributed by atoms with van der Waals surface area (Å²) in [6.45, 7) is 2.03. The highest BCUT2D eigenvalue weighted by Gasteiger charge is 2.18. The van der Waals surface area contributed by atoms with Crippen molar-refractivity contribution in [2.45, 2.75) is 6.92 Å². The van der Waals surface area contributed by atoms with Gasteiger partial charge < -0.3 is 10.3 Å². The van der Waals surface area contributed by atoms with Gasteiger partial charge in [-0.05, 0) is 30.7 Å². The molecule has 0 saturated carbocycles. The first-order valence-electron chi connectivity index (χ1n) is 6.33. The second-order valence-corrected chi connectivity index (χ2v) is 6.15. The van der Waals surface area contributed by atoms with Gasteiger partial charge in [-0.2, -0.15) is 0 Å². The summed E-state index contributed by atoms with van der Waals surface area (Å²) in [7, 11) is 0. The largest absolute Gasteiger partial charge is 0.367 e. The van der Waals surface area contributed by atoms with E-state index in [4.69, 9.17) is 21.9 Å². The summed E-state index contributed by atoms with van der Waals surface area (Å²) >= 11 is 9.55. The first-order chi connectivity index (χ1) is 10.0. The zero-order valence-electron chi connectivity index (χ0n) is 11.2. The molecule has 5 heteroatoms. The molecule has 0 amide bonds. The predicted octanol–water partition coefficient (Wildman–Crippen LogP) is 5.32. The van der Waals surface area contributed by atoms with E-state index in [0.717, 1.165) is 26.7 Å². The van der Waals surface area contributed by atoms with Gasteiger partial charge in [0.25, 0.3) is 0 Å². The van der Waals surface area contributed by atoms with Gasteiger partial charge >= 0.3 is 0 Å². The Kier molecular flexibility index (Phi) is 3.74. The van der Waals surface area contributed by atoms with Gasteiger partial charge in [-0.3, -0.25) is 0 Å². The van der Waals surface area contributed by atoms with Gasteiger partial charge in [0.15, 0.2) is 0 Å². The van der Waals surface area contributed by atoms with Crippen LogP contribution in [0, 0.1) is 6.92 Å². The average molecular weight is 364 g/mol. The summed E-state index contributed by atoms with van der Waals surface area (Å²) in [4.78, 5) is 0. The molecule has 0 aliphatic heterocycles. The fourth-order valence-electron chi connectivity index (χ4n) is 2.27. The Morgan fingerprint density at radius 2 is 1.95 bits per heavy atom. The topological polar surface area (TPSA) is 52.0 Å². The van der Waals surface area contributed by atoms with E-state index in [1.54, 1.807) is 0 Å². The minimum absolute atomic E-state index is 0.298. The van der Waals surface area contributed by atoms with Gasteiger partial charge in [-0.1, -0.05) is 62.5 Å². The molecule has 0 fully saturated rings. The highest BCUT2D eigenvalue weighted by molar-refractivity contribution is 9.10. The molecule has 0 atom stereocenters. The number of hydrogen-bond acceptors (Lipinski definition) is 3. The van der Waals surface area contributed by atoms with Gasteiger partial charge in [0.1, 0.15) is 5.69 Å². The lowest BCUT2D eigenvalue weighted by Crippen LogP contribution is -1.88. The second kappa shape index (κ2) is 5.54. The van der Waals surface area contributed by atoms with Crippen LogP contribution in [0.2, 0.25) is 5.02 Å². The lowest BCUT2D eigenvalue weighted by Gasteiger charge is -2.05. The van der Waals surface area contributed by atoms with Crippen LogP contribution in [-0.4, -0.2) is 5.16 Å². The minimum Gasteiger partial charge on any atom is -0.367 e. The number of aromatic nitrogens is 1. The molecule has 0 saturated heterocycles. The molecule has 0 unspecified atom stereocenters. The number of nitrogens with zero attached hydrogens (tertiary/aromatic N) is 1. The molecular weight excluding hydrogens is 352 g/mol. The summed E-state index contributed by atoms with van der Waals surface area (Å²) in [5.74, 6) is 0.298. The number of anilines is 1. The van der Waals surface area contributed by atoms with Crippen molar-refractivity contribution in [2.24, 2.45) is 0 Å². The smallest absolute Gasteiger partial charge is 0.230 e. The Morgan fingerprint density at radius 1 is 1.14 bits per heavy atom. The van der Waals surface area contributed by atoms with Crippen molar-refractivity contribution in [3.8, 4) is 22.4 Å². The number of hydrogen-bond donors (Lipinski definition) is 1. The Balaban J connectivity index is 2.21. The molecule has 3 nitrogen and oxygen atoms in total. The standard InChI is InChI=1S/C16H12BrClN2O/c1-9-3-2-4-10(5-9)14-15(20-21-16(14)19)11-6-12(17)8-13(18)7-11/h2-8H,19H2,1H3. The van der Waals surface area contributed by atoms with Crippen LogP contribution < -0.4 is 5.73 Å². The van der Waals surface area contributed by atoms with Crippen LogP contribution in [0.5, 0.6) is 0 Å².